The summed E-state index contributed by atoms with van der Waals surface area (Å²) < 4.78 is 4.99. The minimum Gasteiger partial charge on any atom is -0.411 e. The maximum Gasteiger partial charge on any atom is 0.0867 e. The molecule has 0 saturated heterocycles. The zero-order valence-corrected chi connectivity index (χ0v) is 11.2. The Labute approximate surface area is 107 Å². The van der Waals surface area contributed by atoms with E-state index in [1.165, 1.54) is 4.90 Å². The fourth-order valence-corrected chi connectivity index (χ4v) is 1.98. The first kappa shape index (κ1) is 14.1. The molecule has 1 aromatic rings. The van der Waals surface area contributed by atoms with Gasteiger partial charge in [-0.3, -0.25) is 0 Å². The van der Waals surface area contributed by atoms with Gasteiger partial charge in [0.2, 0.25) is 0 Å². The maximum atomic E-state index is 9.01. The highest BCUT2D eigenvalue weighted by Crippen LogP contribution is 2.16. The molecule has 0 radical (unpaired) electrons. The lowest BCUT2D eigenvalue weighted by Gasteiger charge is -2.05. The number of nitrogens with zero attached hydrogens (tertiary/aromatic N) is 1. The standard InChI is InChI=1S/C13H19NO2S/c1-16-10-4-3-5-13(14-15)11-6-8-12(17-2)9-7-11/h6-9,15H,3-5,10H2,1-2H3. The highest BCUT2D eigenvalue weighted by molar-refractivity contribution is 7.98. The van der Waals surface area contributed by atoms with Crippen molar-refractivity contribution in [2.45, 2.75) is 24.2 Å². The Morgan fingerprint density at radius 3 is 2.53 bits per heavy atom. The second-order valence-corrected chi connectivity index (χ2v) is 4.60. The predicted molar refractivity (Wildman–Crippen MR) is 72.3 cm³/mol. The van der Waals surface area contributed by atoms with Crippen molar-refractivity contribution in [2.75, 3.05) is 20.0 Å². The number of rotatable bonds is 7. The summed E-state index contributed by atoms with van der Waals surface area (Å²) in [7, 11) is 1.70. The third kappa shape index (κ3) is 4.79. The van der Waals surface area contributed by atoms with Crippen molar-refractivity contribution in [2.24, 2.45) is 5.16 Å². The lowest BCUT2D eigenvalue weighted by Crippen LogP contribution is -2.02. The smallest absolute Gasteiger partial charge is 0.0867 e. The van der Waals surface area contributed by atoms with Crippen LogP contribution in [0.3, 0.4) is 0 Å². The normalized spacial score (nSPS) is 11.8. The Kier molecular flexibility index (Phi) is 6.74. The second kappa shape index (κ2) is 8.14. The molecule has 94 valence electrons. The van der Waals surface area contributed by atoms with Gasteiger partial charge in [0.1, 0.15) is 0 Å². The first-order valence-electron chi connectivity index (χ1n) is 5.66. The van der Waals surface area contributed by atoms with Crippen molar-refractivity contribution in [1.29, 1.82) is 0 Å². The minimum absolute atomic E-state index is 0.744. The molecule has 0 atom stereocenters. The van der Waals surface area contributed by atoms with Crippen molar-refractivity contribution in [3.8, 4) is 0 Å². The molecule has 3 nitrogen and oxygen atoms in total. The Morgan fingerprint density at radius 1 is 1.29 bits per heavy atom. The molecular formula is C13H19NO2S. The second-order valence-electron chi connectivity index (χ2n) is 3.73. The van der Waals surface area contributed by atoms with Gasteiger partial charge in [0.05, 0.1) is 5.71 Å². The Morgan fingerprint density at radius 2 is 2.00 bits per heavy atom. The molecule has 0 amide bonds. The van der Waals surface area contributed by atoms with Crippen molar-refractivity contribution in [3.05, 3.63) is 29.8 Å². The van der Waals surface area contributed by atoms with Crippen LogP contribution in [0.2, 0.25) is 0 Å². The zero-order valence-electron chi connectivity index (χ0n) is 10.3. The van der Waals surface area contributed by atoms with Crippen LogP contribution in [0, 0.1) is 0 Å². The molecule has 1 N–H and O–H groups in total. The zero-order chi connectivity index (χ0) is 12.5. The van der Waals surface area contributed by atoms with Gasteiger partial charge in [-0.15, -0.1) is 11.8 Å². The molecule has 17 heavy (non-hydrogen) atoms. The first-order chi connectivity index (χ1) is 8.31. The van der Waals surface area contributed by atoms with E-state index in [9.17, 15) is 0 Å². The lowest BCUT2D eigenvalue weighted by atomic mass is 10.1. The van der Waals surface area contributed by atoms with Gasteiger partial charge < -0.3 is 9.94 Å². The molecule has 0 aliphatic carbocycles. The largest absolute Gasteiger partial charge is 0.411 e. The van der Waals surface area contributed by atoms with Gasteiger partial charge in [0.15, 0.2) is 0 Å². The number of methoxy groups -OCH3 is 1. The van der Waals surface area contributed by atoms with Gasteiger partial charge in [-0.05, 0) is 43.2 Å². The van der Waals surface area contributed by atoms with Crippen LogP contribution in [-0.4, -0.2) is 30.9 Å². The number of ether oxygens (including phenoxy) is 1. The highest BCUT2D eigenvalue weighted by Gasteiger charge is 2.04. The van der Waals surface area contributed by atoms with E-state index in [-0.39, 0.29) is 0 Å². The molecular weight excluding hydrogens is 234 g/mol. The molecule has 4 heteroatoms. The summed E-state index contributed by atoms with van der Waals surface area (Å²) in [4.78, 5) is 1.21. The van der Waals surface area contributed by atoms with Gasteiger partial charge in [-0.1, -0.05) is 17.3 Å². The average molecular weight is 253 g/mol. The van der Waals surface area contributed by atoms with E-state index in [0.29, 0.717) is 0 Å². The molecule has 0 bridgehead atoms. The Balaban J connectivity index is 2.54. The van der Waals surface area contributed by atoms with Crippen LogP contribution in [-0.2, 0) is 4.74 Å². The molecule has 0 aliphatic rings. The summed E-state index contributed by atoms with van der Waals surface area (Å²) in [5, 5.41) is 12.4. The van der Waals surface area contributed by atoms with E-state index in [2.05, 4.69) is 5.16 Å². The summed E-state index contributed by atoms with van der Waals surface area (Å²) in [5.74, 6) is 0. The molecule has 1 rings (SSSR count). The van der Waals surface area contributed by atoms with Crippen LogP contribution < -0.4 is 0 Å². The van der Waals surface area contributed by atoms with Crippen LogP contribution in [0.25, 0.3) is 0 Å². The Bertz CT molecular complexity index is 349. The van der Waals surface area contributed by atoms with Gasteiger partial charge in [0, 0.05) is 18.6 Å². The van der Waals surface area contributed by atoms with Crippen molar-refractivity contribution in [1.82, 2.24) is 0 Å². The van der Waals surface area contributed by atoms with E-state index >= 15 is 0 Å². The fourth-order valence-electron chi connectivity index (χ4n) is 1.57. The van der Waals surface area contributed by atoms with Gasteiger partial charge >= 0.3 is 0 Å². The molecule has 0 saturated carbocycles. The molecule has 0 spiro atoms. The van der Waals surface area contributed by atoms with Gasteiger partial charge in [-0.25, -0.2) is 0 Å². The molecule has 0 aromatic heterocycles. The van der Waals surface area contributed by atoms with E-state index in [1.54, 1.807) is 18.9 Å². The van der Waals surface area contributed by atoms with Crippen LogP contribution in [0.1, 0.15) is 24.8 Å². The van der Waals surface area contributed by atoms with E-state index < -0.39 is 0 Å². The Hall–Kier alpha value is -1.00. The SMILES string of the molecule is COCCCCC(=NO)c1ccc(SC)cc1. The monoisotopic (exact) mass is 253 g/mol. The lowest BCUT2D eigenvalue weighted by molar-refractivity contribution is 0.193. The number of unbranched alkanes of at least 4 members (excludes halogenated alkanes) is 1. The van der Waals surface area contributed by atoms with Crippen LogP contribution in [0.5, 0.6) is 0 Å². The summed E-state index contributed by atoms with van der Waals surface area (Å²) >= 11 is 1.70. The van der Waals surface area contributed by atoms with E-state index in [1.807, 2.05) is 30.5 Å². The van der Waals surface area contributed by atoms with Crippen LogP contribution in [0.15, 0.2) is 34.3 Å². The van der Waals surface area contributed by atoms with Crippen LogP contribution >= 0.6 is 11.8 Å². The first-order valence-corrected chi connectivity index (χ1v) is 6.88. The predicted octanol–water partition coefficient (Wildman–Crippen LogP) is 3.40. The molecule has 0 aliphatic heterocycles. The van der Waals surface area contributed by atoms with Crippen LogP contribution in [0.4, 0.5) is 0 Å². The summed E-state index contributed by atoms with van der Waals surface area (Å²) in [6.07, 6.45) is 4.77. The number of hydrogen-bond acceptors (Lipinski definition) is 4. The number of hydrogen-bond donors (Lipinski definition) is 1. The molecule has 0 unspecified atom stereocenters. The van der Waals surface area contributed by atoms with Crippen molar-refractivity contribution in [3.63, 3.8) is 0 Å². The van der Waals surface area contributed by atoms with Crippen molar-refractivity contribution >= 4 is 17.5 Å². The summed E-state index contributed by atoms with van der Waals surface area (Å²) in [6, 6.07) is 8.08. The molecule has 1 aromatic carbocycles. The van der Waals surface area contributed by atoms with Gasteiger partial charge in [0.25, 0.3) is 0 Å². The van der Waals surface area contributed by atoms with E-state index in [4.69, 9.17) is 9.94 Å². The highest BCUT2D eigenvalue weighted by atomic mass is 32.2. The maximum absolute atomic E-state index is 9.01. The average Bonchev–Trinajstić information content (AvgIpc) is 2.39. The summed E-state index contributed by atoms with van der Waals surface area (Å²) in [6.45, 7) is 0.754. The minimum atomic E-state index is 0.744. The number of thioether (sulfide) groups is 1. The fraction of sp³-hybridized carbons (Fsp3) is 0.462. The molecule has 0 fully saturated rings. The van der Waals surface area contributed by atoms with E-state index in [0.717, 1.165) is 37.1 Å². The topological polar surface area (TPSA) is 41.8 Å². The third-order valence-corrected chi connectivity index (χ3v) is 3.30. The number of oxime groups is 1. The summed E-state index contributed by atoms with van der Waals surface area (Å²) in [5.41, 5.74) is 1.73. The van der Waals surface area contributed by atoms with Gasteiger partial charge in [-0.2, -0.15) is 0 Å². The number of benzene rings is 1. The quantitative estimate of drug-likeness (QED) is 0.266. The third-order valence-electron chi connectivity index (χ3n) is 2.56. The van der Waals surface area contributed by atoms with Crippen molar-refractivity contribution < 1.29 is 9.94 Å². The molecule has 0 heterocycles.